The molecule has 0 spiro atoms. The predicted molar refractivity (Wildman–Crippen MR) is 36.7 cm³/mol. The van der Waals surface area contributed by atoms with Gasteiger partial charge < -0.3 is 14.6 Å². The summed E-state index contributed by atoms with van der Waals surface area (Å²) in [6, 6.07) is 2.72. The summed E-state index contributed by atoms with van der Waals surface area (Å²) in [6.45, 7) is 0. The van der Waals surface area contributed by atoms with Crippen molar-refractivity contribution in [3.05, 3.63) is 24.2 Å². The van der Waals surface area contributed by atoms with Crippen LogP contribution in [0.5, 0.6) is 0 Å². The molecule has 1 rings (SSSR count). The number of carbonyl (C=O) groups excluding carboxylic acids is 1. The van der Waals surface area contributed by atoms with Gasteiger partial charge in [-0.25, -0.2) is 4.79 Å². The Morgan fingerprint density at radius 3 is 2.58 bits per heavy atom. The lowest BCUT2D eigenvalue weighted by molar-refractivity contribution is -0.144. The molecule has 0 amide bonds. The number of ketones is 1. The molecule has 1 aromatic rings. The van der Waals surface area contributed by atoms with Gasteiger partial charge in [-0.1, -0.05) is 0 Å². The van der Waals surface area contributed by atoms with E-state index in [0.717, 1.165) is 0 Å². The molecule has 1 atom stereocenters. The summed E-state index contributed by atoms with van der Waals surface area (Å²) in [5, 5.41) is 17.0. The van der Waals surface area contributed by atoms with Crippen LogP contribution in [0.15, 0.2) is 22.8 Å². The molecule has 5 heteroatoms. The van der Waals surface area contributed by atoms with Crippen LogP contribution in [0.4, 0.5) is 0 Å². The summed E-state index contributed by atoms with van der Waals surface area (Å²) in [5.74, 6) is -2.70. The van der Waals surface area contributed by atoms with Gasteiger partial charge in [-0.2, -0.15) is 0 Å². The van der Waals surface area contributed by atoms with Crippen molar-refractivity contribution in [2.75, 3.05) is 0 Å². The highest BCUT2D eigenvalue weighted by atomic mass is 16.4. The molecule has 0 saturated carbocycles. The van der Waals surface area contributed by atoms with E-state index >= 15 is 0 Å². The lowest BCUT2D eigenvalue weighted by Gasteiger charge is -1.99. The number of furan rings is 1. The van der Waals surface area contributed by atoms with E-state index in [1.807, 2.05) is 0 Å². The Morgan fingerprint density at radius 1 is 1.50 bits per heavy atom. The van der Waals surface area contributed by atoms with Crippen LogP contribution in [0, 0.1) is 0 Å². The van der Waals surface area contributed by atoms with E-state index in [1.54, 1.807) is 0 Å². The summed E-state index contributed by atoms with van der Waals surface area (Å²) in [7, 11) is 0. The Hall–Kier alpha value is -1.62. The molecule has 64 valence electrons. The number of hydrogen-bond acceptors (Lipinski definition) is 4. The average molecular weight is 170 g/mol. The smallest absolute Gasteiger partial charge is 0.340 e. The molecule has 1 aromatic heterocycles. The van der Waals surface area contributed by atoms with E-state index in [4.69, 9.17) is 10.2 Å². The number of aliphatic carboxylic acids is 1. The van der Waals surface area contributed by atoms with Gasteiger partial charge in [-0.05, 0) is 12.1 Å². The maximum absolute atomic E-state index is 10.9. The molecule has 0 aliphatic rings. The molecular formula is C7H6O5. The molecular weight excluding hydrogens is 164 g/mol. The summed E-state index contributed by atoms with van der Waals surface area (Å²) in [6.07, 6.45) is -0.821. The summed E-state index contributed by atoms with van der Waals surface area (Å²) < 4.78 is 4.59. The van der Waals surface area contributed by atoms with Crippen LogP contribution >= 0.6 is 0 Å². The van der Waals surface area contributed by atoms with E-state index in [1.165, 1.54) is 18.4 Å². The molecule has 0 aromatic carbocycles. The second-order valence-corrected chi connectivity index (χ2v) is 2.08. The molecule has 5 nitrogen and oxygen atoms in total. The summed E-state index contributed by atoms with van der Waals surface area (Å²) in [4.78, 5) is 21.0. The molecule has 2 N–H and O–H groups in total. The Bertz CT molecular complexity index is 287. The molecule has 0 aliphatic heterocycles. The molecule has 0 radical (unpaired) electrons. The number of carboxylic acids is 1. The fourth-order valence-electron chi connectivity index (χ4n) is 0.666. The molecule has 1 unspecified atom stereocenters. The Kier molecular flexibility index (Phi) is 2.25. The van der Waals surface area contributed by atoms with Crippen LogP contribution in [-0.2, 0) is 4.79 Å². The van der Waals surface area contributed by atoms with E-state index in [-0.39, 0.29) is 5.76 Å². The number of rotatable bonds is 3. The Labute approximate surface area is 67.2 Å². The highest BCUT2D eigenvalue weighted by Gasteiger charge is 2.25. The van der Waals surface area contributed by atoms with Crippen LogP contribution in [0.2, 0.25) is 0 Å². The average Bonchev–Trinajstić information content (AvgIpc) is 2.53. The van der Waals surface area contributed by atoms with E-state index in [2.05, 4.69) is 4.42 Å². The minimum absolute atomic E-state index is 0.162. The number of aliphatic hydroxyl groups excluding tert-OH is 1. The first-order valence-electron chi connectivity index (χ1n) is 3.11. The molecule has 0 aliphatic carbocycles. The second kappa shape index (κ2) is 3.19. The third-order valence-electron chi connectivity index (χ3n) is 1.25. The standard InChI is InChI=1S/C7H6O5/c8-5(6(9)7(10)11)4-2-1-3-12-4/h1-3,6,9H,(H,10,11). The minimum atomic E-state index is -2.05. The molecule has 0 saturated heterocycles. The quantitative estimate of drug-likeness (QED) is 0.488. The highest BCUT2D eigenvalue weighted by molar-refractivity contribution is 6.08. The zero-order valence-corrected chi connectivity index (χ0v) is 5.93. The first-order chi connectivity index (χ1) is 5.63. The van der Waals surface area contributed by atoms with Gasteiger partial charge in [0.05, 0.1) is 6.26 Å². The van der Waals surface area contributed by atoms with Crippen LogP contribution < -0.4 is 0 Å². The third-order valence-corrected chi connectivity index (χ3v) is 1.25. The van der Waals surface area contributed by atoms with Crippen molar-refractivity contribution in [1.29, 1.82) is 0 Å². The Balaban J connectivity index is 2.79. The van der Waals surface area contributed by atoms with Gasteiger partial charge in [0.2, 0.25) is 11.9 Å². The van der Waals surface area contributed by atoms with Crippen molar-refractivity contribution in [3.8, 4) is 0 Å². The van der Waals surface area contributed by atoms with Crippen molar-refractivity contribution in [2.45, 2.75) is 6.10 Å². The maximum atomic E-state index is 10.9. The normalized spacial score (nSPS) is 12.4. The predicted octanol–water partition coefficient (Wildman–Crippen LogP) is -0.0922. The third kappa shape index (κ3) is 1.51. The monoisotopic (exact) mass is 170 g/mol. The first-order valence-corrected chi connectivity index (χ1v) is 3.11. The molecule has 0 fully saturated rings. The topological polar surface area (TPSA) is 87.7 Å². The van der Waals surface area contributed by atoms with Gasteiger partial charge in [0.25, 0.3) is 0 Å². The van der Waals surface area contributed by atoms with Crippen LogP contribution in [0.25, 0.3) is 0 Å². The van der Waals surface area contributed by atoms with Gasteiger partial charge in [0, 0.05) is 0 Å². The Morgan fingerprint density at radius 2 is 2.17 bits per heavy atom. The largest absolute Gasteiger partial charge is 0.479 e. The van der Waals surface area contributed by atoms with Gasteiger partial charge in [0.1, 0.15) is 0 Å². The summed E-state index contributed by atoms with van der Waals surface area (Å²) >= 11 is 0. The number of hydrogen-bond donors (Lipinski definition) is 2. The molecule has 12 heavy (non-hydrogen) atoms. The van der Waals surface area contributed by atoms with E-state index < -0.39 is 17.9 Å². The number of carboxylic acid groups (broad SMARTS) is 1. The van der Waals surface area contributed by atoms with Crippen molar-refractivity contribution < 1.29 is 24.2 Å². The zero-order chi connectivity index (χ0) is 9.14. The lowest BCUT2D eigenvalue weighted by atomic mass is 10.2. The van der Waals surface area contributed by atoms with Crippen molar-refractivity contribution in [2.24, 2.45) is 0 Å². The second-order valence-electron chi connectivity index (χ2n) is 2.08. The maximum Gasteiger partial charge on any atom is 0.340 e. The summed E-state index contributed by atoms with van der Waals surface area (Å²) in [5.41, 5.74) is 0. The van der Waals surface area contributed by atoms with Crippen molar-refractivity contribution in [1.82, 2.24) is 0 Å². The van der Waals surface area contributed by atoms with E-state index in [9.17, 15) is 9.59 Å². The lowest BCUT2D eigenvalue weighted by Crippen LogP contribution is -2.29. The zero-order valence-electron chi connectivity index (χ0n) is 5.93. The molecule has 1 heterocycles. The fourth-order valence-corrected chi connectivity index (χ4v) is 0.666. The van der Waals surface area contributed by atoms with Gasteiger partial charge in [-0.15, -0.1) is 0 Å². The molecule has 0 bridgehead atoms. The van der Waals surface area contributed by atoms with Crippen LogP contribution in [-0.4, -0.2) is 28.1 Å². The number of aliphatic hydroxyl groups is 1. The van der Waals surface area contributed by atoms with Gasteiger partial charge in [0.15, 0.2) is 5.76 Å². The number of Topliss-reactive ketones (excluding diaryl/α,β-unsaturated/α-hetero) is 1. The minimum Gasteiger partial charge on any atom is -0.479 e. The van der Waals surface area contributed by atoms with Gasteiger partial charge >= 0.3 is 5.97 Å². The van der Waals surface area contributed by atoms with Crippen LogP contribution in [0.1, 0.15) is 10.6 Å². The van der Waals surface area contributed by atoms with Crippen LogP contribution in [0.3, 0.4) is 0 Å². The SMILES string of the molecule is O=C(O)C(O)C(=O)c1ccco1. The van der Waals surface area contributed by atoms with Crippen molar-refractivity contribution in [3.63, 3.8) is 0 Å². The fraction of sp³-hybridized carbons (Fsp3) is 0.143. The van der Waals surface area contributed by atoms with Crippen molar-refractivity contribution >= 4 is 11.8 Å². The number of carbonyl (C=O) groups is 2. The first kappa shape index (κ1) is 8.48. The highest BCUT2D eigenvalue weighted by Crippen LogP contribution is 2.04. The van der Waals surface area contributed by atoms with Gasteiger partial charge in [-0.3, -0.25) is 4.79 Å². The van der Waals surface area contributed by atoms with E-state index in [0.29, 0.717) is 0 Å².